The Kier molecular flexibility index (Phi) is 4.24. The highest BCUT2D eigenvalue weighted by molar-refractivity contribution is 9.10. The van der Waals surface area contributed by atoms with E-state index in [4.69, 9.17) is 0 Å². The summed E-state index contributed by atoms with van der Waals surface area (Å²) >= 11 is 5.04. The maximum atomic E-state index is 11.8. The van der Waals surface area contributed by atoms with E-state index in [1.165, 1.54) is 0 Å². The van der Waals surface area contributed by atoms with Gasteiger partial charge in [0.2, 0.25) is 0 Å². The summed E-state index contributed by atoms with van der Waals surface area (Å²) < 4.78 is 34.3. The van der Waals surface area contributed by atoms with Crippen LogP contribution < -0.4 is 4.90 Å². The van der Waals surface area contributed by atoms with E-state index < -0.39 is 15.5 Å². The molecule has 0 saturated carbocycles. The van der Waals surface area contributed by atoms with Gasteiger partial charge >= 0.3 is 0 Å². The molecule has 22 heavy (non-hydrogen) atoms. The number of hydrogen-bond acceptors (Lipinski definition) is 4. The van der Waals surface area contributed by atoms with E-state index in [0.717, 1.165) is 25.6 Å². The molecule has 1 heterocycles. The van der Waals surface area contributed by atoms with Crippen molar-refractivity contribution in [3.05, 3.63) is 46.9 Å². The first-order valence-corrected chi connectivity index (χ1v) is 9.85. The normalized spacial score (nSPS) is 15.1. The topological polar surface area (TPSA) is 57.6 Å². The lowest BCUT2D eigenvalue weighted by molar-refractivity contribution is 0.464. The zero-order valence-corrected chi connectivity index (χ0v) is 15.0. The summed E-state index contributed by atoms with van der Waals surface area (Å²) in [6.45, 7) is 1.75. The summed E-state index contributed by atoms with van der Waals surface area (Å²) in [7, 11) is -4.21. The number of para-hydroxylation sites is 1. The molecule has 3 rings (SSSR count). The van der Waals surface area contributed by atoms with Crippen molar-refractivity contribution in [2.24, 2.45) is 0 Å². The van der Waals surface area contributed by atoms with Crippen molar-refractivity contribution < 1.29 is 13.0 Å². The van der Waals surface area contributed by atoms with Crippen molar-refractivity contribution in [1.29, 1.82) is 0 Å². The molecule has 0 spiro atoms. The third-order valence-electron chi connectivity index (χ3n) is 3.51. The summed E-state index contributed by atoms with van der Waals surface area (Å²) in [6, 6.07) is 13.3. The highest BCUT2D eigenvalue weighted by Gasteiger charge is 2.34. The second-order valence-corrected chi connectivity index (χ2v) is 8.50. The number of rotatable bonds is 3. The van der Waals surface area contributed by atoms with Crippen LogP contribution in [0, 0.1) is 0 Å². The van der Waals surface area contributed by atoms with Crippen LogP contribution in [0.5, 0.6) is 0 Å². The molecule has 0 fully saturated rings. The minimum absolute atomic E-state index is 0.285. The third-order valence-corrected chi connectivity index (χ3v) is 6.34. The SMILES string of the molecule is CCC(N1c2ccccc2Sc2cc(Br)ccc21)S(=O)(=O)O. The summed E-state index contributed by atoms with van der Waals surface area (Å²) in [5.74, 6) is 0. The number of fused-ring (bicyclic) bond motifs is 2. The molecule has 1 atom stereocenters. The molecule has 116 valence electrons. The van der Waals surface area contributed by atoms with Crippen LogP contribution in [0.25, 0.3) is 0 Å². The van der Waals surface area contributed by atoms with E-state index in [0.29, 0.717) is 0 Å². The van der Waals surface area contributed by atoms with Gasteiger partial charge in [0.1, 0.15) is 0 Å². The number of benzene rings is 2. The number of nitrogens with zero attached hydrogens (tertiary/aromatic N) is 1. The first kappa shape index (κ1) is 15.9. The Labute approximate surface area is 142 Å². The molecule has 1 aliphatic heterocycles. The standard InChI is InChI=1S/C15H14BrNO3S2/c1-2-15(22(18,19)20)17-11-5-3-4-6-13(11)21-14-9-10(16)7-8-12(14)17/h3-9,15H,2H2,1H3,(H,18,19,20). The van der Waals surface area contributed by atoms with Gasteiger partial charge in [-0.3, -0.25) is 4.55 Å². The van der Waals surface area contributed by atoms with E-state index in [1.807, 2.05) is 42.5 Å². The first-order valence-electron chi connectivity index (χ1n) is 6.73. The summed E-state index contributed by atoms with van der Waals surface area (Å²) in [5, 5.41) is -1.01. The van der Waals surface area contributed by atoms with Crippen molar-refractivity contribution in [1.82, 2.24) is 0 Å². The maximum absolute atomic E-state index is 11.8. The second-order valence-electron chi connectivity index (χ2n) is 4.93. The molecule has 0 aliphatic carbocycles. The van der Waals surface area contributed by atoms with Gasteiger partial charge in [-0.1, -0.05) is 46.7 Å². The van der Waals surface area contributed by atoms with Crippen LogP contribution in [0.4, 0.5) is 11.4 Å². The van der Waals surface area contributed by atoms with Crippen molar-refractivity contribution in [3.8, 4) is 0 Å². The lowest BCUT2D eigenvalue weighted by Crippen LogP contribution is -2.38. The fourth-order valence-corrected chi connectivity index (χ4v) is 5.13. The van der Waals surface area contributed by atoms with Crippen molar-refractivity contribution in [3.63, 3.8) is 0 Å². The van der Waals surface area contributed by atoms with E-state index >= 15 is 0 Å². The summed E-state index contributed by atoms with van der Waals surface area (Å²) in [4.78, 5) is 3.63. The minimum Gasteiger partial charge on any atom is -0.320 e. The Morgan fingerprint density at radius 3 is 2.55 bits per heavy atom. The molecular weight excluding hydrogens is 386 g/mol. The van der Waals surface area contributed by atoms with Crippen molar-refractivity contribution in [2.75, 3.05) is 4.90 Å². The molecule has 2 aromatic carbocycles. The fourth-order valence-electron chi connectivity index (χ4n) is 2.60. The predicted molar refractivity (Wildman–Crippen MR) is 92.5 cm³/mol. The molecule has 0 aromatic heterocycles. The van der Waals surface area contributed by atoms with Crippen molar-refractivity contribution >= 4 is 49.2 Å². The lowest BCUT2D eigenvalue weighted by Gasteiger charge is -2.36. The maximum Gasteiger partial charge on any atom is 0.286 e. The van der Waals surface area contributed by atoms with E-state index in [9.17, 15) is 13.0 Å². The van der Waals surface area contributed by atoms with Gasteiger partial charge < -0.3 is 4.90 Å². The zero-order chi connectivity index (χ0) is 15.9. The van der Waals surface area contributed by atoms with Crippen molar-refractivity contribution in [2.45, 2.75) is 28.5 Å². The summed E-state index contributed by atoms with van der Waals surface area (Å²) in [5.41, 5.74) is 1.59. The van der Waals surface area contributed by atoms with Gasteiger partial charge in [-0.2, -0.15) is 8.42 Å². The van der Waals surface area contributed by atoms with Crippen LogP contribution in [-0.2, 0) is 10.1 Å². The Morgan fingerprint density at radius 2 is 1.86 bits per heavy atom. The molecule has 7 heteroatoms. The van der Waals surface area contributed by atoms with Crippen LogP contribution in [0.1, 0.15) is 13.3 Å². The zero-order valence-electron chi connectivity index (χ0n) is 11.7. The Hall–Kier alpha value is -1.02. The highest BCUT2D eigenvalue weighted by Crippen LogP contribution is 2.50. The molecule has 1 unspecified atom stereocenters. The summed E-state index contributed by atoms with van der Waals surface area (Å²) in [6.07, 6.45) is 0.285. The van der Waals surface area contributed by atoms with Crippen LogP contribution in [-0.4, -0.2) is 18.3 Å². The van der Waals surface area contributed by atoms with Crippen LogP contribution in [0.3, 0.4) is 0 Å². The molecule has 1 N–H and O–H groups in total. The van der Waals surface area contributed by atoms with Gasteiger partial charge in [-0.15, -0.1) is 0 Å². The Balaban J connectivity index is 2.25. The van der Waals surface area contributed by atoms with Gasteiger partial charge in [-0.05, 0) is 36.8 Å². The largest absolute Gasteiger partial charge is 0.320 e. The molecule has 0 saturated heterocycles. The first-order chi connectivity index (χ1) is 10.4. The highest BCUT2D eigenvalue weighted by atomic mass is 79.9. The molecule has 0 bridgehead atoms. The van der Waals surface area contributed by atoms with Crippen LogP contribution in [0.15, 0.2) is 56.7 Å². The molecule has 4 nitrogen and oxygen atoms in total. The third kappa shape index (κ3) is 2.78. The monoisotopic (exact) mass is 399 g/mol. The van der Waals surface area contributed by atoms with Gasteiger partial charge in [0.15, 0.2) is 5.37 Å². The van der Waals surface area contributed by atoms with Gasteiger partial charge in [0, 0.05) is 14.3 Å². The van der Waals surface area contributed by atoms with E-state index in [-0.39, 0.29) is 6.42 Å². The van der Waals surface area contributed by atoms with Crippen LogP contribution in [0.2, 0.25) is 0 Å². The smallest absolute Gasteiger partial charge is 0.286 e. The molecule has 0 radical (unpaired) electrons. The average molecular weight is 400 g/mol. The fraction of sp³-hybridized carbons (Fsp3) is 0.200. The molecular formula is C15H14BrNO3S2. The van der Waals surface area contributed by atoms with Crippen LogP contribution >= 0.6 is 27.7 Å². The average Bonchev–Trinajstić information content (AvgIpc) is 2.45. The molecule has 0 amide bonds. The van der Waals surface area contributed by atoms with Gasteiger partial charge in [0.05, 0.1) is 11.4 Å². The lowest BCUT2D eigenvalue weighted by atomic mass is 10.2. The molecule has 2 aromatic rings. The number of hydrogen-bond donors (Lipinski definition) is 1. The molecule has 1 aliphatic rings. The Bertz CT molecular complexity index is 823. The number of anilines is 2. The minimum atomic E-state index is -4.21. The number of halogens is 1. The van der Waals surface area contributed by atoms with Gasteiger partial charge in [-0.25, -0.2) is 0 Å². The van der Waals surface area contributed by atoms with E-state index in [2.05, 4.69) is 15.9 Å². The Morgan fingerprint density at radius 1 is 1.18 bits per heavy atom. The predicted octanol–water partition coefficient (Wildman–Crippen LogP) is 4.68. The quantitative estimate of drug-likeness (QED) is 0.759. The van der Waals surface area contributed by atoms with Gasteiger partial charge in [0.25, 0.3) is 10.1 Å². The second kappa shape index (κ2) is 5.88. The van der Waals surface area contributed by atoms with E-state index in [1.54, 1.807) is 23.6 Å².